The fourth-order valence-electron chi connectivity index (χ4n) is 0.876. The molecule has 5 heteroatoms. The smallest absolute Gasteiger partial charge is 0.130 e. The number of rotatable bonds is 4. The lowest BCUT2D eigenvalue weighted by Crippen LogP contribution is -2.08. The van der Waals surface area contributed by atoms with Gasteiger partial charge in [-0.05, 0) is 13.8 Å². The van der Waals surface area contributed by atoms with Crippen LogP contribution in [0.1, 0.15) is 18.2 Å². The van der Waals surface area contributed by atoms with E-state index in [1.54, 1.807) is 6.08 Å². The molecule has 0 fully saturated rings. The van der Waals surface area contributed by atoms with Crippen molar-refractivity contribution in [2.75, 3.05) is 12.3 Å². The van der Waals surface area contributed by atoms with Gasteiger partial charge >= 0.3 is 0 Å². The third-order valence-electron chi connectivity index (χ3n) is 1.68. The number of hydrogen-bond acceptors (Lipinski definition) is 5. The summed E-state index contributed by atoms with van der Waals surface area (Å²) in [5.41, 5.74) is 9.91. The van der Waals surface area contributed by atoms with Gasteiger partial charge in [0.05, 0.1) is 5.69 Å². The van der Waals surface area contributed by atoms with Gasteiger partial charge in [-0.25, -0.2) is 9.97 Å². The predicted octanol–water partition coefficient (Wildman–Crippen LogP) is 0.879. The minimum absolute atomic E-state index is 0.489. The maximum absolute atomic E-state index is 5.61. The Morgan fingerprint density at radius 3 is 3.07 bits per heavy atom. The highest BCUT2D eigenvalue weighted by Gasteiger charge is 1.99. The number of anilines is 1. The van der Waals surface area contributed by atoms with Crippen LogP contribution in [0.2, 0.25) is 0 Å². The zero-order chi connectivity index (χ0) is 10.4. The second-order valence-corrected chi connectivity index (χ2v) is 2.69. The van der Waals surface area contributed by atoms with Crippen molar-refractivity contribution in [3.63, 3.8) is 0 Å². The number of hydroxylamine groups is 1. The lowest BCUT2D eigenvalue weighted by Gasteiger charge is -2.01. The summed E-state index contributed by atoms with van der Waals surface area (Å²) in [5, 5.41) is 0. The van der Waals surface area contributed by atoms with Crippen molar-refractivity contribution >= 4 is 11.9 Å². The van der Waals surface area contributed by atoms with E-state index >= 15 is 0 Å². The lowest BCUT2D eigenvalue weighted by atomic mass is 10.2. The quantitative estimate of drug-likeness (QED) is 0.423. The van der Waals surface area contributed by atoms with Crippen LogP contribution in [0.25, 0.3) is 6.08 Å². The molecular weight excluding hydrogens is 180 g/mol. The summed E-state index contributed by atoms with van der Waals surface area (Å²) < 4.78 is 0. The molecule has 0 saturated heterocycles. The van der Waals surface area contributed by atoms with Gasteiger partial charge in [0.15, 0.2) is 0 Å². The second-order valence-electron chi connectivity index (χ2n) is 2.69. The van der Waals surface area contributed by atoms with Crippen molar-refractivity contribution in [1.82, 2.24) is 15.4 Å². The van der Waals surface area contributed by atoms with Crippen molar-refractivity contribution in [2.45, 2.75) is 13.8 Å². The minimum atomic E-state index is 0.489. The summed E-state index contributed by atoms with van der Waals surface area (Å²) in [6.45, 7) is 4.55. The molecule has 3 N–H and O–H groups in total. The van der Waals surface area contributed by atoms with Gasteiger partial charge in [-0.1, -0.05) is 0 Å². The summed E-state index contributed by atoms with van der Waals surface area (Å²) >= 11 is 0. The summed E-state index contributed by atoms with van der Waals surface area (Å²) in [6.07, 6.45) is 4.68. The monoisotopic (exact) mass is 194 g/mol. The average molecular weight is 194 g/mol. The maximum Gasteiger partial charge on any atom is 0.130 e. The highest BCUT2D eigenvalue weighted by molar-refractivity contribution is 5.54. The number of nitrogens with zero attached hydrogens (tertiary/aromatic N) is 2. The molecule has 0 bridgehead atoms. The van der Waals surface area contributed by atoms with E-state index in [1.807, 2.05) is 13.8 Å². The standard InChI is InChI=1S/C9H14N4O/c1-3-13-14-5-4-8-7(2)9(10)12-6-11-8/h4-6,13H,3H2,1-2H3,(H2,10,11,12)/b5-4+. The molecule has 0 aliphatic carbocycles. The molecular formula is C9H14N4O. The Bertz CT molecular complexity index is 325. The van der Waals surface area contributed by atoms with Crippen LogP contribution in [0.3, 0.4) is 0 Å². The van der Waals surface area contributed by atoms with Crippen LogP contribution in [0.4, 0.5) is 5.82 Å². The molecule has 76 valence electrons. The topological polar surface area (TPSA) is 73.1 Å². The van der Waals surface area contributed by atoms with Crippen molar-refractivity contribution in [3.05, 3.63) is 23.8 Å². The lowest BCUT2D eigenvalue weighted by molar-refractivity contribution is 0.142. The van der Waals surface area contributed by atoms with E-state index < -0.39 is 0 Å². The van der Waals surface area contributed by atoms with Crippen molar-refractivity contribution in [3.8, 4) is 0 Å². The molecule has 0 atom stereocenters. The normalized spacial score (nSPS) is 10.7. The largest absolute Gasteiger partial charge is 0.416 e. The average Bonchev–Trinajstić information content (AvgIpc) is 2.19. The predicted molar refractivity (Wildman–Crippen MR) is 55.0 cm³/mol. The number of nitrogens with one attached hydrogen (secondary N) is 1. The van der Waals surface area contributed by atoms with Gasteiger partial charge in [-0.2, -0.15) is 5.48 Å². The zero-order valence-corrected chi connectivity index (χ0v) is 8.32. The Morgan fingerprint density at radius 1 is 1.57 bits per heavy atom. The molecule has 0 aromatic carbocycles. The summed E-state index contributed by atoms with van der Waals surface area (Å²) in [4.78, 5) is 12.9. The fourth-order valence-corrected chi connectivity index (χ4v) is 0.876. The van der Waals surface area contributed by atoms with Crippen molar-refractivity contribution in [2.24, 2.45) is 0 Å². The van der Waals surface area contributed by atoms with E-state index in [2.05, 4.69) is 15.4 Å². The molecule has 0 amide bonds. The molecule has 14 heavy (non-hydrogen) atoms. The van der Waals surface area contributed by atoms with Crippen LogP contribution in [0.15, 0.2) is 12.6 Å². The molecule has 0 saturated carbocycles. The SMILES string of the molecule is CCNO/C=C/c1ncnc(N)c1C. The van der Waals surface area contributed by atoms with Crippen molar-refractivity contribution < 1.29 is 4.84 Å². The third-order valence-corrected chi connectivity index (χ3v) is 1.68. The van der Waals surface area contributed by atoms with Crippen LogP contribution >= 0.6 is 0 Å². The zero-order valence-electron chi connectivity index (χ0n) is 8.32. The Labute approximate surface area is 83.0 Å². The molecule has 1 aromatic rings. The summed E-state index contributed by atoms with van der Waals surface area (Å²) in [7, 11) is 0. The van der Waals surface area contributed by atoms with Crippen LogP contribution in [-0.2, 0) is 4.84 Å². The molecule has 5 nitrogen and oxygen atoms in total. The first-order valence-corrected chi connectivity index (χ1v) is 4.37. The summed E-state index contributed by atoms with van der Waals surface area (Å²) in [6, 6.07) is 0. The van der Waals surface area contributed by atoms with Gasteiger partial charge in [0, 0.05) is 18.2 Å². The molecule has 0 radical (unpaired) electrons. The fraction of sp³-hybridized carbons (Fsp3) is 0.333. The maximum atomic E-state index is 5.61. The Hall–Kier alpha value is -1.62. The highest BCUT2D eigenvalue weighted by Crippen LogP contribution is 2.10. The number of nitrogen functional groups attached to an aromatic ring is 1. The van der Waals surface area contributed by atoms with E-state index in [9.17, 15) is 0 Å². The molecule has 0 unspecified atom stereocenters. The molecule has 1 heterocycles. The third kappa shape index (κ3) is 2.70. The number of nitrogens with two attached hydrogens (primary N) is 1. The molecule has 0 spiro atoms. The van der Waals surface area contributed by atoms with E-state index in [1.165, 1.54) is 12.6 Å². The van der Waals surface area contributed by atoms with Crippen LogP contribution in [0.5, 0.6) is 0 Å². The van der Waals surface area contributed by atoms with Gasteiger partial charge in [0.1, 0.15) is 18.4 Å². The van der Waals surface area contributed by atoms with E-state index in [-0.39, 0.29) is 0 Å². The molecule has 1 aromatic heterocycles. The van der Waals surface area contributed by atoms with Crippen LogP contribution < -0.4 is 11.2 Å². The Morgan fingerprint density at radius 2 is 2.36 bits per heavy atom. The number of hydrogen-bond donors (Lipinski definition) is 2. The molecule has 0 aliphatic rings. The molecule has 0 aliphatic heterocycles. The van der Waals surface area contributed by atoms with Gasteiger partial charge in [-0.15, -0.1) is 0 Å². The number of aromatic nitrogens is 2. The van der Waals surface area contributed by atoms with Crippen LogP contribution in [0, 0.1) is 6.92 Å². The van der Waals surface area contributed by atoms with Crippen molar-refractivity contribution in [1.29, 1.82) is 0 Å². The first kappa shape index (κ1) is 10.5. The highest BCUT2D eigenvalue weighted by atomic mass is 16.6. The summed E-state index contributed by atoms with van der Waals surface area (Å²) in [5.74, 6) is 0.489. The second kappa shape index (κ2) is 5.18. The van der Waals surface area contributed by atoms with Gasteiger partial charge in [0.2, 0.25) is 0 Å². The van der Waals surface area contributed by atoms with Gasteiger partial charge < -0.3 is 10.6 Å². The Balaban J connectivity index is 2.67. The first-order valence-electron chi connectivity index (χ1n) is 4.37. The van der Waals surface area contributed by atoms with E-state index in [0.717, 1.165) is 17.8 Å². The van der Waals surface area contributed by atoms with E-state index in [0.29, 0.717) is 5.82 Å². The first-order chi connectivity index (χ1) is 6.75. The molecule has 1 rings (SSSR count). The van der Waals surface area contributed by atoms with Gasteiger partial charge in [-0.3, -0.25) is 0 Å². The van der Waals surface area contributed by atoms with Gasteiger partial charge in [0.25, 0.3) is 0 Å². The van der Waals surface area contributed by atoms with Crippen LogP contribution in [-0.4, -0.2) is 16.5 Å². The Kier molecular flexibility index (Phi) is 3.87. The van der Waals surface area contributed by atoms with E-state index in [4.69, 9.17) is 10.6 Å². The minimum Gasteiger partial charge on any atom is -0.416 e.